The summed E-state index contributed by atoms with van der Waals surface area (Å²) >= 11 is 0. The first-order valence-electron chi connectivity index (χ1n) is 7.65. The molecule has 1 heterocycles. The van der Waals surface area contributed by atoms with E-state index in [1.165, 1.54) is 19.1 Å². The Morgan fingerprint density at radius 1 is 1.12 bits per heavy atom. The van der Waals surface area contributed by atoms with E-state index in [0.717, 1.165) is 11.8 Å². The van der Waals surface area contributed by atoms with E-state index in [1.54, 1.807) is 37.7 Å². The number of aryl methyl sites for hydroxylation is 1. The molecule has 0 amide bonds. The minimum Gasteiger partial charge on any atom is -0.296 e. The van der Waals surface area contributed by atoms with Gasteiger partial charge in [0.1, 0.15) is 0 Å². The Morgan fingerprint density at radius 3 is 2.20 bits per heavy atom. The number of hydrogen-bond acceptors (Lipinski definition) is 5. The molecule has 0 radical (unpaired) electrons. The van der Waals surface area contributed by atoms with E-state index in [1.807, 2.05) is 13.0 Å². The molecule has 0 aliphatic carbocycles. The molecule has 1 aromatic heterocycles. The molecule has 0 atom stereocenters. The second-order valence-corrected chi connectivity index (χ2v) is 7.77. The maximum atomic E-state index is 12.3. The molecular formula is C19H20N2O3S. The number of carbonyl (C=O) groups is 1. The van der Waals surface area contributed by atoms with E-state index in [4.69, 9.17) is 0 Å². The normalized spacial score (nSPS) is 13.0. The Morgan fingerprint density at radius 2 is 1.76 bits per heavy atom. The van der Waals surface area contributed by atoms with E-state index < -0.39 is 9.84 Å². The summed E-state index contributed by atoms with van der Waals surface area (Å²) in [6.45, 7) is 3.40. The van der Waals surface area contributed by atoms with Crippen LogP contribution in [-0.2, 0) is 14.6 Å². The number of sulfone groups is 1. The molecule has 0 unspecified atom stereocenters. The summed E-state index contributed by atoms with van der Waals surface area (Å²) in [5, 5.41) is 0. The van der Waals surface area contributed by atoms with Crippen molar-refractivity contribution in [3.8, 4) is 0 Å². The fourth-order valence-electron chi connectivity index (χ4n) is 2.42. The van der Waals surface area contributed by atoms with Gasteiger partial charge in [-0.1, -0.05) is 18.2 Å². The maximum absolute atomic E-state index is 12.3. The Hall–Kier alpha value is -2.60. The molecule has 0 saturated heterocycles. The molecule has 0 aliphatic heterocycles. The van der Waals surface area contributed by atoms with Crippen molar-refractivity contribution in [2.24, 2.45) is 4.99 Å². The van der Waals surface area contributed by atoms with Crippen molar-refractivity contribution in [1.82, 2.24) is 4.98 Å². The lowest BCUT2D eigenvalue weighted by molar-refractivity contribution is -0.111. The summed E-state index contributed by atoms with van der Waals surface area (Å²) in [5.74, 6) is -0.140. The van der Waals surface area contributed by atoms with Crippen LogP contribution in [-0.4, -0.2) is 38.7 Å². The monoisotopic (exact) mass is 356 g/mol. The third-order valence-electron chi connectivity index (χ3n) is 3.64. The van der Waals surface area contributed by atoms with Crippen LogP contribution in [0.15, 0.2) is 52.5 Å². The van der Waals surface area contributed by atoms with E-state index in [2.05, 4.69) is 9.98 Å². The van der Waals surface area contributed by atoms with Gasteiger partial charge in [0.2, 0.25) is 0 Å². The van der Waals surface area contributed by atoms with Crippen LogP contribution in [0.3, 0.4) is 0 Å². The third-order valence-corrected chi connectivity index (χ3v) is 4.77. The van der Waals surface area contributed by atoms with Crippen molar-refractivity contribution in [2.75, 3.05) is 13.3 Å². The largest absolute Gasteiger partial charge is 0.296 e. The van der Waals surface area contributed by atoms with Gasteiger partial charge in [-0.25, -0.2) is 8.42 Å². The van der Waals surface area contributed by atoms with Gasteiger partial charge in [-0.05, 0) is 43.2 Å². The molecular weight excluding hydrogens is 336 g/mol. The van der Waals surface area contributed by atoms with Gasteiger partial charge in [-0.15, -0.1) is 0 Å². The van der Waals surface area contributed by atoms with E-state index in [9.17, 15) is 13.2 Å². The molecule has 0 N–H and O–H groups in total. The van der Waals surface area contributed by atoms with Crippen LogP contribution < -0.4 is 0 Å². The summed E-state index contributed by atoms with van der Waals surface area (Å²) in [4.78, 5) is 20.9. The van der Waals surface area contributed by atoms with E-state index in [0.29, 0.717) is 22.4 Å². The number of hydrogen-bond donors (Lipinski definition) is 0. The lowest BCUT2D eigenvalue weighted by atomic mass is 9.95. The van der Waals surface area contributed by atoms with Gasteiger partial charge in [0.05, 0.1) is 16.2 Å². The number of carbonyl (C=O) groups excluding carboxylic acids is 1. The molecule has 25 heavy (non-hydrogen) atoms. The molecule has 0 bridgehead atoms. The number of benzene rings is 1. The molecule has 0 aliphatic rings. The molecule has 0 saturated carbocycles. The Kier molecular flexibility index (Phi) is 5.64. The zero-order valence-corrected chi connectivity index (χ0v) is 15.5. The first-order chi connectivity index (χ1) is 11.7. The van der Waals surface area contributed by atoms with Crippen LogP contribution in [0.2, 0.25) is 0 Å². The van der Waals surface area contributed by atoms with Crippen LogP contribution in [0, 0.1) is 6.92 Å². The quantitative estimate of drug-likeness (QED) is 0.609. The van der Waals surface area contributed by atoms with Gasteiger partial charge in [0.15, 0.2) is 15.6 Å². The Labute approximate surface area is 148 Å². The lowest BCUT2D eigenvalue weighted by Crippen LogP contribution is -2.05. The van der Waals surface area contributed by atoms with Gasteiger partial charge in [-0.3, -0.25) is 14.8 Å². The first-order valence-corrected chi connectivity index (χ1v) is 9.54. The number of Topliss-reactive ketones (excluding diaryl/α,β-unsaturated/α-hetero) is 1. The highest BCUT2D eigenvalue weighted by molar-refractivity contribution is 7.90. The average molecular weight is 356 g/mol. The molecule has 1 aromatic carbocycles. The molecule has 0 fully saturated rings. The number of ketones is 1. The van der Waals surface area contributed by atoms with Gasteiger partial charge in [-0.2, -0.15) is 0 Å². The number of allylic oxidation sites excluding steroid dienone is 2. The molecule has 6 heteroatoms. The zero-order valence-electron chi connectivity index (χ0n) is 14.6. The first kappa shape index (κ1) is 18.7. The fraction of sp³-hybridized carbons (Fsp3) is 0.211. The van der Waals surface area contributed by atoms with Crippen LogP contribution in [0.1, 0.15) is 23.7 Å². The highest BCUT2D eigenvalue weighted by atomic mass is 32.2. The van der Waals surface area contributed by atoms with Crippen molar-refractivity contribution in [3.05, 3.63) is 59.4 Å². The summed E-state index contributed by atoms with van der Waals surface area (Å²) in [5.41, 5.74) is 3.30. The van der Waals surface area contributed by atoms with Crippen LogP contribution >= 0.6 is 0 Å². The fourth-order valence-corrected chi connectivity index (χ4v) is 3.05. The van der Waals surface area contributed by atoms with Gasteiger partial charge >= 0.3 is 0 Å². The predicted octanol–water partition coefficient (Wildman–Crippen LogP) is 2.99. The van der Waals surface area contributed by atoms with Crippen molar-refractivity contribution in [2.45, 2.75) is 18.7 Å². The molecule has 130 valence electrons. The predicted molar refractivity (Wildman–Crippen MR) is 100 cm³/mol. The third kappa shape index (κ3) is 4.48. The molecule has 5 nitrogen and oxygen atoms in total. The van der Waals surface area contributed by atoms with Gasteiger partial charge < -0.3 is 0 Å². The zero-order chi connectivity index (χ0) is 18.6. The summed E-state index contributed by atoms with van der Waals surface area (Å²) in [7, 11) is -1.66. The number of pyridine rings is 1. The van der Waals surface area contributed by atoms with E-state index >= 15 is 0 Å². The smallest absolute Gasteiger partial charge is 0.175 e. The molecule has 2 rings (SSSR count). The van der Waals surface area contributed by atoms with Gasteiger partial charge in [0, 0.05) is 31.3 Å². The maximum Gasteiger partial charge on any atom is 0.175 e. The van der Waals surface area contributed by atoms with Crippen LogP contribution in [0.25, 0.3) is 11.1 Å². The van der Waals surface area contributed by atoms with Crippen molar-refractivity contribution < 1.29 is 13.2 Å². The summed E-state index contributed by atoms with van der Waals surface area (Å²) in [6.07, 6.45) is 4.45. The molecule has 0 spiro atoms. The second kappa shape index (κ2) is 7.53. The highest BCUT2D eigenvalue weighted by Gasteiger charge is 2.16. The number of aromatic nitrogens is 1. The summed E-state index contributed by atoms with van der Waals surface area (Å²) < 4.78 is 23.3. The minimum absolute atomic E-state index is 0.140. The minimum atomic E-state index is -3.28. The van der Waals surface area contributed by atoms with Crippen molar-refractivity contribution in [3.63, 3.8) is 0 Å². The van der Waals surface area contributed by atoms with Crippen molar-refractivity contribution >= 4 is 33.0 Å². The number of nitrogens with zero attached hydrogens (tertiary/aromatic N) is 2. The summed E-state index contributed by atoms with van der Waals surface area (Å²) in [6, 6.07) is 10.1. The lowest BCUT2D eigenvalue weighted by Gasteiger charge is -2.11. The SMILES string of the molecule is CN=C/C(=C(\C(C)=O)c1ccc(C)cn1)c1ccc(S(C)(=O)=O)cc1. The van der Waals surface area contributed by atoms with Crippen LogP contribution in [0.4, 0.5) is 0 Å². The Balaban J connectivity index is 2.69. The second-order valence-electron chi connectivity index (χ2n) is 5.75. The van der Waals surface area contributed by atoms with E-state index in [-0.39, 0.29) is 10.7 Å². The highest BCUT2D eigenvalue weighted by Crippen LogP contribution is 2.26. The van der Waals surface area contributed by atoms with Gasteiger partial charge in [0.25, 0.3) is 0 Å². The topological polar surface area (TPSA) is 76.5 Å². The average Bonchev–Trinajstić information content (AvgIpc) is 2.55. The Bertz CT molecular complexity index is 939. The van der Waals surface area contributed by atoms with Crippen LogP contribution in [0.5, 0.6) is 0 Å². The molecule has 2 aromatic rings. The number of aliphatic imine (C=N–C) groups is 1. The van der Waals surface area contributed by atoms with Crippen molar-refractivity contribution in [1.29, 1.82) is 0 Å². The number of rotatable bonds is 5. The standard InChI is InChI=1S/C19H20N2O3S/c1-13-5-10-18(21-11-13)19(14(2)22)17(12-20-3)15-6-8-16(9-7-15)25(4,23)24/h5-12H,1-4H3/b19-17-,20-12?.